The highest BCUT2D eigenvalue weighted by Gasteiger charge is 2.01. The second kappa shape index (κ2) is 8.64. The summed E-state index contributed by atoms with van der Waals surface area (Å²) < 4.78 is 1.37. The van der Waals surface area contributed by atoms with Gasteiger partial charge in [0, 0.05) is 9.77 Å². The summed E-state index contributed by atoms with van der Waals surface area (Å²) in [7, 11) is 2.01. The van der Waals surface area contributed by atoms with Crippen molar-refractivity contribution in [1.82, 2.24) is 5.32 Å². The van der Waals surface area contributed by atoms with Gasteiger partial charge in [-0.05, 0) is 63.2 Å². The Morgan fingerprint density at radius 2 is 2.05 bits per heavy atom. The van der Waals surface area contributed by atoms with E-state index in [-0.39, 0.29) is 12.4 Å². The van der Waals surface area contributed by atoms with Gasteiger partial charge in [0.05, 0.1) is 4.21 Å². The highest BCUT2D eigenvalue weighted by Crippen LogP contribution is 2.33. The third-order valence-corrected chi connectivity index (χ3v) is 4.85. The van der Waals surface area contributed by atoms with E-state index in [1.807, 2.05) is 30.1 Å². The number of halogens is 1. The predicted molar refractivity (Wildman–Crippen MR) is 89.1 cm³/mol. The van der Waals surface area contributed by atoms with Crippen molar-refractivity contribution in [2.75, 3.05) is 13.6 Å². The lowest BCUT2D eigenvalue weighted by Gasteiger charge is -2.04. The molecule has 0 bridgehead atoms. The zero-order valence-corrected chi connectivity index (χ0v) is 13.8. The fraction of sp³-hybridized carbons (Fsp3) is 0.333. The van der Waals surface area contributed by atoms with Crippen LogP contribution in [0.2, 0.25) is 0 Å². The average molecular weight is 314 g/mol. The third-order valence-electron chi connectivity index (χ3n) is 2.72. The van der Waals surface area contributed by atoms with E-state index >= 15 is 0 Å². The Kier molecular flexibility index (Phi) is 7.54. The summed E-state index contributed by atoms with van der Waals surface area (Å²) in [6, 6.07) is 13.3. The molecule has 0 radical (unpaired) electrons. The average Bonchev–Trinajstić information content (AvgIpc) is 2.76. The Morgan fingerprint density at radius 1 is 1.21 bits per heavy atom. The van der Waals surface area contributed by atoms with Crippen LogP contribution in [0.4, 0.5) is 0 Å². The number of hydrogen-bond acceptors (Lipinski definition) is 3. The van der Waals surface area contributed by atoms with Crippen molar-refractivity contribution in [2.24, 2.45) is 0 Å². The van der Waals surface area contributed by atoms with Crippen LogP contribution in [0.25, 0.3) is 0 Å². The summed E-state index contributed by atoms with van der Waals surface area (Å²) >= 11 is 3.73. The Balaban J connectivity index is 0.00000180. The summed E-state index contributed by atoms with van der Waals surface area (Å²) in [4.78, 5) is 2.72. The van der Waals surface area contributed by atoms with Crippen molar-refractivity contribution in [3.8, 4) is 0 Å². The molecule has 0 spiro atoms. The van der Waals surface area contributed by atoms with Gasteiger partial charge in [0.2, 0.25) is 0 Å². The quantitative estimate of drug-likeness (QED) is 0.770. The van der Waals surface area contributed by atoms with Crippen LogP contribution in [0.5, 0.6) is 0 Å². The van der Waals surface area contributed by atoms with E-state index in [1.54, 1.807) is 0 Å². The van der Waals surface area contributed by atoms with E-state index in [0.717, 1.165) is 13.0 Å². The Morgan fingerprint density at radius 3 is 2.74 bits per heavy atom. The molecule has 1 aromatic heterocycles. The van der Waals surface area contributed by atoms with Crippen LogP contribution in [-0.4, -0.2) is 13.6 Å². The van der Waals surface area contributed by atoms with Gasteiger partial charge >= 0.3 is 0 Å². The van der Waals surface area contributed by atoms with E-state index in [1.165, 1.54) is 26.0 Å². The normalized spacial score (nSPS) is 10.2. The number of rotatable bonds is 6. The smallest absolute Gasteiger partial charge is 0.0649 e. The molecule has 0 aliphatic heterocycles. The second-order valence-electron chi connectivity index (χ2n) is 4.32. The number of thiophene rings is 1. The molecule has 0 saturated heterocycles. The van der Waals surface area contributed by atoms with E-state index in [9.17, 15) is 0 Å². The number of hydrogen-bond donors (Lipinski definition) is 1. The zero-order valence-electron chi connectivity index (χ0n) is 11.3. The molecule has 1 nitrogen and oxygen atoms in total. The summed E-state index contributed by atoms with van der Waals surface area (Å²) in [5, 5.41) is 3.19. The molecule has 2 rings (SSSR count). The first-order valence-corrected chi connectivity index (χ1v) is 7.89. The molecule has 0 saturated carbocycles. The lowest BCUT2D eigenvalue weighted by molar-refractivity contribution is 0.724. The molecule has 4 heteroatoms. The summed E-state index contributed by atoms with van der Waals surface area (Å²) in [5.74, 6) is 0. The van der Waals surface area contributed by atoms with Crippen LogP contribution in [0.1, 0.15) is 16.9 Å². The largest absolute Gasteiger partial charge is 0.320 e. The van der Waals surface area contributed by atoms with Crippen LogP contribution in [0, 0.1) is 6.92 Å². The van der Waals surface area contributed by atoms with Gasteiger partial charge in [-0.1, -0.05) is 23.9 Å². The van der Waals surface area contributed by atoms with Crippen molar-refractivity contribution in [3.63, 3.8) is 0 Å². The molecule has 1 heterocycles. The maximum atomic E-state index is 3.19. The molecule has 2 aromatic rings. The molecular formula is C15H20ClNS2. The van der Waals surface area contributed by atoms with Gasteiger partial charge in [-0.25, -0.2) is 0 Å². The van der Waals surface area contributed by atoms with E-state index in [0.29, 0.717) is 0 Å². The van der Waals surface area contributed by atoms with Gasteiger partial charge in [-0.2, -0.15) is 0 Å². The number of aryl methyl sites for hydroxylation is 2. The fourth-order valence-electron chi connectivity index (χ4n) is 1.82. The van der Waals surface area contributed by atoms with Crippen molar-refractivity contribution in [3.05, 3.63) is 46.8 Å². The van der Waals surface area contributed by atoms with Crippen LogP contribution >= 0.6 is 35.5 Å². The van der Waals surface area contributed by atoms with Gasteiger partial charge < -0.3 is 5.32 Å². The molecule has 0 fully saturated rings. The molecular weight excluding hydrogens is 294 g/mol. The minimum Gasteiger partial charge on any atom is -0.320 e. The molecule has 1 N–H and O–H groups in total. The highest BCUT2D eigenvalue weighted by atomic mass is 35.5. The van der Waals surface area contributed by atoms with Crippen LogP contribution in [0.15, 0.2) is 45.5 Å². The van der Waals surface area contributed by atoms with Gasteiger partial charge in [0.1, 0.15) is 0 Å². The first-order chi connectivity index (χ1) is 8.78. The minimum absolute atomic E-state index is 0. The van der Waals surface area contributed by atoms with Crippen molar-refractivity contribution >= 4 is 35.5 Å². The minimum atomic E-state index is 0. The summed E-state index contributed by atoms with van der Waals surface area (Å²) in [5.41, 5.74) is 1.43. The van der Waals surface area contributed by atoms with E-state index in [2.05, 4.69) is 48.6 Å². The van der Waals surface area contributed by atoms with E-state index in [4.69, 9.17) is 0 Å². The van der Waals surface area contributed by atoms with Crippen LogP contribution < -0.4 is 5.32 Å². The Hall–Kier alpha value is -0.480. The summed E-state index contributed by atoms with van der Waals surface area (Å²) in [6.45, 7) is 3.24. The zero-order chi connectivity index (χ0) is 12.8. The summed E-state index contributed by atoms with van der Waals surface area (Å²) in [6.07, 6.45) is 2.35. The molecule has 0 atom stereocenters. The first-order valence-electron chi connectivity index (χ1n) is 6.26. The third kappa shape index (κ3) is 5.57. The fourth-order valence-corrected chi connectivity index (χ4v) is 3.98. The number of nitrogens with one attached hydrogen (secondary N) is 1. The van der Waals surface area contributed by atoms with Gasteiger partial charge in [-0.15, -0.1) is 23.7 Å². The number of benzene rings is 1. The van der Waals surface area contributed by atoms with Crippen LogP contribution in [0.3, 0.4) is 0 Å². The van der Waals surface area contributed by atoms with Gasteiger partial charge in [0.15, 0.2) is 0 Å². The SMILES string of the molecule is CNCCCc1cccc(Sc2ccc(C)s2)c1.Cl. The topological polar surface area (TPSA) is 12.0 Å². The monoisotopic (exact) mass is 313 g/mol. The molecule has 0 amide bonds. The molecule has 1 aromatic carbocycles. The Bertz CT molecular complexity index is 496. The standard InChI is InChI=1S/C15H19NS2.ClH/c1-12-8-9-15(17-12)18-14-7-3-5-13(11-14)6-4-10-16-2;/h3,5,7-9,11,16H,4,6,10H2,1-2H3;1H. The lowest BCUT2D eigenvalue weighted by Crippen LogP contribution is -2.08. The maximum Gasteiger partial charge on any atom is 0.0649 e. The molecule has 0 unspecified atom stereocenters. The van der Waals surface area contributed by atoms with Crippen molar-refractivity contribution in [2.45, 2.75) is 28.9 Å². The molecule has 0 aliphatic carbocycles. The van der Waals surface area contributed by atoms with Crippen molar-refractivity contribution < 1.29 is 0 Å². The Labute approximate surface area is 130 Å². The maximum absolute atomic E-state index is 3.19. The highest BCUT2D eigenvalue weighted by molar-refractivity contribution is 8.01. The predicted octanol–water partition coefficient (Wildman–Crippen LogP) is 4.78. The van der Waals surface area contributed by atoms with Gasteiger partial charge in [-0.3, -0.25) is 0 Å². The molecule has 0 aliphatic rings. The van der Waals surface area contributed by atoms with Crippen molar-refractivity contribution in [1.29, 1.82) is 0 Å². The first kappa shape index (κ1) is 16.6. The van der Waals surface area contributed by atoms with Gasteiger partial charge in [0.25, 0.3) is 0 Å². The second-order valence-corrected chi connectivity index (χ2v) is 6.98. The van der Waals surface area contributed by atoms with Crippen LogP contribution in [-0.2, 0) is 6.42 Å². The lowest BCUT2D eigenvalue weighted by atomic mass is 10.1. The van der Waals surface area contributed by atoms with E-state index < -0.39 is 0 Å². The molecule has 19 heavy (non-hydrogen) atoms. The molecule has 104 valence electrons.